The van der Waals surface area contributed by atoms with Gasteiger partial charge in [-0.2, -0.15) is 0 Å². The Bertz CT molecular complexity index is 1130. The second-order valence-corrected chi connectivity index (χ2v) is 8.79. The van der Waals surface area contributed by atoms with E-state index in [2.05, 4.69) is 10.0 Å². The third-order valence-corrected chi connectivity index (χ3v) is 6.11. The van der Waals surface area contributed by atoms with Crippen LogP contribution < -0.4 is 10.0 Å². The van der Waals surface area contributed by atoms with Crippen molar-refractivity contribution in [1.29, 1.82) is 0 Å². The largest absolute Gasteiger partial charge is 0.452 e. The first kappa shape index (κ1) is 21.5. The minimum Gasteiger partial charge on any atom is -0.452 e. The highest BCUT2D eigenvalue weighted by atomic mass is 32.2. The maximum Gasteiger partial charge on any atom is 0.338 e. The SMILES string of the molecule is O=C(COC(=O)c1cccc(S(=O)(=O)Nc2ccc(F)cc2)c1)NCc1cccs1. The van der Waals surface area contributed by atoms with E-state index >= 15 is 0 Å². The molecule has 0 radical (unpaired) electrons. The average Bonchev–Trinajstić information content (AvgIpc) is 3.26. The summed E-state index contributed by atoms with van der Waals surface area (Å²) in [5.74, 6) is -1.80. The van der Waals surface area contributed by atoms with Gasteiger partial charge in [0.2, 0.25) is 0 Å². The van der Waals surface area contributed by atoms with Crippen LogP contribution in [-0.4, -0.2) is 26.9 Å². The summed E-state index contributed by atoms with van der Waals surface area (Å²) in [7, 11) is -4.01. The molecular formula is C20H17FN2O5S2. The number of nitrogens with one attached hydrogen (secondary N) is 2. The molecule has 0 aliphatic heterocycles. The van der Waals surface area contributed by atoms with E-state index in [9.17, 15) is 22.4 Å². The van der Waals surface area contributed by atoms with Crippen LogP contribution in [0.25, 0.3) is 0 Å². The normalized spacial score (nSPS) is 11.0. The minimum absolute atomic E-state index is 0.0250. The van der Waals surface area contributed by atoms with Gasteiger partial charge in [0, 0.05) is 10.6 Å². The molecule has 0 bridgehead atoms. The summed E-state index contributed by atoms with van der Waals surface area (Å²) in [5, 5.41) is 4.50. The fraction of sp³-hybridized carbons (Fsp3) is 0.100. The molecule has 0 aliphatic rings. The second kappa shape index (κ2) is 9.51. The van der Waals surface area contributed by atoms with E-state index in [1.807, 2.05) is 17.5 Å². The van der Waals surface area contributed by atoms with Crippen LogP contribution in [0, 0.1) is 5.82 Å². The molecule has 3 rings (SSSR count). The first-order valence-electron chi connectivity index (χ1n) is 8.68. The molecule has 2 N–H and O–H groups in total. The second-order valence-electron chi connectivity index (χ2n) is 6.07. The lowest BCUT2D eigenvalue weighted by Gasteiger charge is -2.10. The summed E-state index contributed by atoms with van der Waals surface area (Å²) in [6.45, 7) is -0.161. The predicted octanol–water partition coefficient (Wildman–Crippen LogP) is 3.16. The smallest absolute Gasteiger partial charge is 0.338 e. The number of amides is 1. The lowest BCUT2D eigenvalue weighted by molar-refractivity contribution is -0.124. The van der Waals surface area contributed by atoms with Crippen molar-refractivity contribution in [3.8, 4) is 0 Å². The van der Waals surface area contributed by atoms with E-state index in [0.717, 1.165) is 23.1 Å². The Balaban J connectivity index is 1.60. The predicted molar refractivity (Wildman–Crippen MR) is 110 cm³/mol. The third kappa shape index (κ3) is 5.88. The highest BCUT2D eigenvalue weighted by Gasteiger charge is 2.18. The molecule has 0 saturated heterocycles. The molecule has 30 heavy (non-hydrogen) atoms. The van der Waals surface area contributed by atoms with E-state index in [1.54, 1.807) is 0 Å². The monoisotopic (exact) mass is 448 g/mol. The Morgan fingerprint density at radius 1 is 1.03 bits per heavy atom. The first-order chi connectivity index (χ1) is 14.3. The van der Waals surface area contributed by atoms with Crippen molar-refractivity contribution >= 4 is 38.9 Å². The van der Waals surface area contributed by atoms with E-state index in [4.69, 9.17) is 4.74 Å². The van der Waals surface area contributed by atoms with Gasteiger partial charge in [0.05, 0.1) is 17.0 Å². The first-order valence-corrected chi connectivity index (χ1v) is 11.0. The van der Waals surface area contributed by atoms with Gasteiger partial charge in [0.15, 0.2) is 6.61 Å². The van der Waals surface area contributed by atoms with E-state index in [-0.39, 0.29) is 16.1 Å². The number of benzene rings is 2. The van der Waals surface area contributed by atoms with E-state index < -0.39 is 34.3 Å². The number of thiophene rings is 1. The molecule has 156 valence electrons. The maximum atomic E-state index is 13.0. The molecule has 0 unspecified atom stereocenters. The number of ether oxygens (including phenoxy) is 1. The molecular weight excluding hydrogens is 431 g/mol. The number of hydrogen-bond acceptors (Lipinski definition) is 6. The van der Waals surface area contributed by atoms with Crippen LogP contribution >= 0.6 is 11.3 Å². The van der Waals surface area contributed by atoms with Crippen molar-refractivity contribution in [2.24, 2.45) is 0 Å². The van der Waals surface area contributed by atoms with Gasteiger partial charge in [0.1, 0.15) is 5.82 Å². The van der Waals surface area contributed by atoms with Crippen molar-refractivity contribution in [1.82, 2.24) is 5.32 Å². The Labute approximate surface area is 176 Å². The zero-order chi connectivity index (χ0) is 21.6. The number of esters is 1. The number of carbonyl (C=O) groups is 2. The molecule has 0 fully saturated rings. The Morgan fingerprint density at radius 3 is 2.50 bits per heavy atom. The fourth-order valence-electron chi connectivity index (χ4n) is 2.39. The molecule has 0 spiro atoms. The van der Waals surface area contributed by atoms with Crippen LogP contribution in [0.1, 0.15) is 15.2 Å². The van der Waals surface area contributed by atoms with Crippen LogP contribution in [0.3, 0.4) is 0 Å². The van der Waals surface area contributed by atoms with Gasteiger partial charge in [0.25, 0.3) is 15.9 Å². The molecule has 2 aromatic carbocycles. The molecule has 3 aromatic rings. The number of rotatable bonds is 8. The number of hydrogen-bond donors (Lipinski definition) is 2. The topological polar surface area (TPSA) is 102 Å². The number of sulfonamides is 1. The fourth-order valence-corrected chi connectivity index (χ4v) is 4.14. The molecule has 0 aliphatic carbocycles. The van der Waals surface area contributed by atoms with Crippen molar-refractivity contribution in [3.63, 3.8) is 0 Å². The summed E-state index contributed by atoms with van der Waals surface area (Å²) in [6.07, 6.45) is 0. The minimum atomic E-state index is -4.01. The Hall–Kier alpha value is -3.24. The summed E-state index contributed by atoms with van der Waals surface area (Å²) in [6, 6.07) is 13.7. The van der Waals surface area contributed by atoms with Gasteiger partial charge >= 0.3 is 5.97 Å². The zero-order valence-corrected chi connectivity index (χ0v) is 17.1. The van der Waals surface area contributed by atoms with Crippen LogP contribution in [0.15, 0.2) is 70.9 Å². The summed E-state index contributed by atoms with van der Waals surface area (Å²) < 4.78 is 45.2. The molecule has 1 heterocycles. The van der Waals surface area contributed by atoms with Crippen LogP contribution in [0.2, 0.25) is 0 Å². The van der Waals surface area contributed by atoms with Crippen LogP contribution in [-0.2, 0) is 26.1 Å². The Morgan fingerprint density at radius 2 is 1.80 bits per heavy atom. The number of halogens is 1. The van der Waals surface area contributed by atoms with Gasteiger partial charge < -0.3 is 10.1 Å². The summed E-state index contributed by atoms with van der Waals surface area (Å²) in [4.78, 5) is 24.8. The van der Waals surface area contributed by atoms with Gasteiger partial charge in [-0.1, -0.05) is 12.1 Å². The molecule has 1 aromatic heterocycles. The van der Waals surface area contributed by atoms with Crippen LogP contribution in [0.4, 0.5) is 10.1 Å². The van der Waals surface area contributed by atoms with E-state index in [0.29, 0.717) is 6.54 Å². The molecule has 1 amide bonds. The summed E-state index contributed by atoms with van der Waals surface area (Å²) >= 11 is 1.49. The molecule has 0 atom stereocenters. The maximum absolute atomic E-state index is 13.0. The molecule has 10 heteroatoms. The molecule has 0 saturated carbocycles. The average molecular weight is 448 g/mol. The lowest BCUT2D eigenvalue weighted by atomic mass is 10.2. The number of anilines is 1. The summed E-state index contributed by atoms with van der Waals surface area (Å²) in [5.41, 5.74) is 0.148. The van der Waals surface area contributed by atoms with Crippen molar-refractivity contribution < 1.29 is 27.1 Å². The zero-order valence-electron chi connectivity index (χ0n) is 15.5. The number of carbonyl (C=O) groups excluding carboxylic acids is 2. The standard InChI is InChI=1S/C20H17FN2O5S2/c21-15-6-8-16(9-7-15)23-30(26,27)18-5-1-3-14(11-18)20(25)28-13-19(24)22-12-17-4-2-10-29-17/h1-11,23H,12-13H2,(H,22,24). The van der Waals surface area contributed by atoms with Crippen molar-refractivity contribution in [2.75, 3.05) is 11.3 Å². The van der Waals surface area contributed by atoms with Crippen molar-refractivity contribution in [2.45, 2.75) is 11.4 Å². The van der Waals surface area contributed by atoms with Crippen LogP contribution in [0.5, 0.6) is 0 Å². The highest BCUT2D eigenvalue weighted by Crippen LogP contribution is 2.18. The molecule has 7 nitrogen and oxygen atoms in total. The third-order valence-electron chi connectivity index (χ3n) is 3.85. The van der Waals surface area contributed by atoms with Gasteiger partial charge in [-0.25, -0.2) is 17.6 Å². The lowest BCUT2D eigenvalue weighted by Crippen LogP contribution is -2.28. The van der Waals surface area contributed by atoms with Gasteiger partial charge in [-0.3, -0.25) is 9.52 Å². The quantitative estimate of drug-likeness (QED) is 0.516. The van der Waals surface area contributed by atoms with E-state index in [1.165, 1.54) is 41.7 Å². The highest BCUT2D eigenvalue weighted by molar-refractivity contribution is 7.92. The van der Waals surface area contributed by atoms with Crippen molar-refractivity contribution in [3.05, 3.63) is 82.3 Å². The Kier molecular flexibility index (Phi) is 6.80. The van der Waals surface area contributed by atoms with Gasteiger partial charge in [-0.05, 0) is 53.9 Å². The van der Waals surface area contributed by atoms with Gasteiger partial charge in [-0.15, -0.1) is 11.3 Å².